The van der Waals surface area contributed by atoms with E-state index < -0.39 is 5.97 Å². The smallest absolute Gasteiger partial charge is 0.339 e. The fourth-order valence-corrected chi connectivity index (χ4v) is 2.15. The summed E-state index contributed by atoms with van der Waals surface area (Å²) in [7, 11) is 0. The lowest BCUT2D eigenvalue weighted by molar-refractivity contribution is -0.116. The van der Waals surface area contributed by atoms with Gasteiger partial charge in [0.25, 0.3) is 0 Å². The Morgan fingerprint density at radius 3 is 2.78 bits per heavy atom. The molecule has 0 radical (unpaired) electrons. The molecule has 0 aromatic heterocycles. The Hall–Kier alpha value is -1.75. The number of carboxylic acid groups (broad SMARTS) is 1. The van der Waals surface area contributed by atoms with Gasteiger partial charge in [-0.05, 0) is 18.6 Å². The quantitative estimate of drug-likeness (QED) is 0.848. The van der Waals surface area contributed by atoms with Crippen molar-refractivity contribution in [3.8, 4) is 5.75 Å². The number of carbonyl (C=O) groups excluding carboxylic acids is 1. The van der Waals surface area contributed by atoms with Crippen LogP contribution in [0.15, 0.2) is 12.1 Å². The molecule has 0 saturated heterocycles. The zero-order chi connectivity index (χ0) is 13.3. The predicted octanol–water partition coefficient (Wildman–Crippen LogP) is 2.17. The highest BCUT2D eigenvalue weighted by Gasteiger charge is 2.25. The average Bonchev–Trinajstić information content (AvgIpc) is 2.49. The van der Waals surface area contributed by atoms with Gasteiger partial charge in [0.2, 0.25) is 5.91 Å². The minimum atomic E-state index is -1.13. The van der Waals surface area contributed by atoms with Gasteiger partial charge < -0.3 is 14.7 Å². The van der Waals surface area contributed by atoms with Crippen LogP contribution in [0.25, 0.3) is 0 Å². The summed E-state index contributed by atoms with van der Waals surface area (Å²) in [5.74, 6) is -1.08. The Kier molecular flexibility index (Phi) is 3.43. The van der Waals surface area contributed by atoms with E-state index in [1.807, 2.05) is 0 Å². The van der Waals surface area contributed by atoms with E-state index in [2.05, 4.69) is 0 Å². The SMILES string of the molecule is CC(=O)N1CCCOc2c(C(=O)O)cc(Cl)cc21. The van der Waals surface area contributed by atoms with Crippen molar-refractivity contribution in [1.29, 1.82) is 0 Å². The Labute approximate surface area is 109 Å². The zero-order valence-electron chi connectivity index (χ0n) is 9.77. The van der Waals surface area contributed by atoms with E-state index in [4.69, 9.17) is 21.4 Å². The molecule has 1 aliphatic rings. The van der Waals surface area contributed by atoms with Crippen LogP contribution >= 0.6 is 11.6 Å². The van der Waals surface area contributed by atoms with Crippen LogP contribution < -0.4 is 9.64 Å². The second-order valence-corrected chi connectivity index (χ2v) is 4.42. The van der Waals surface area contributed by atoms with Crippen molar-refractivity contribution in [1.82, 2.24) is 0 Å². The number of aromatic carboxylic acids is 1. The first kappa shape index (κ1) is 12.7. The second-order valence-electron chi connectivity index (χ2n) is 3.98. The van der Waals surface area contributed by atoms with E-state index in [1.165, 1.54) is 17.9 Å². The van der Waals surface area contributed by atoms with Crippen molar-refractivity contribution in [2.24, 2.45) is 0 Å². The standard InChI is InChI=1S/C12H12ClNO4/c1-7(15)14-3-2-4-18-11-9(12(16)17)5-8(13)6-10(11)14/h5-6H,2-4H2,1H3,(H,16,17). The molecule has 18 heavy (non-hydrogen) atoms. The lowest BCUT2D eigenvalue weighted by atomic mass is 10.1. The second kappa shape index (κ2) is 4.86. The molecule has 6 heteroatoms. The van der Waals surface area contributed by atoms with Crippen LogP contribution in [-0.2, 0) is 4.79 Å². The number of benzene rings is 1. The van der Waals surface area contributed by atoms with Crippen molar-refractivity contribution in [3.05, 3.63) is 22.7 Å². The van der Waals surface area contributed by atoms with Crippen molar-refractivity contribution in [2.45, 2.75) is 13.3 Å². The largest absolute Gasteiger partial charge is 0.490 e. The highest BCUT2D eigenvalue weighted by atomic mass is 35.5. The summed E-state index contributed by atoms with van der Waals surface area (Å²) in [4.78, 5) is 24.2. The minimum Gasteiger partial charge on any atom is -0.490 e. The van der Waals surface area contributed by atoms with Gasteiger partial charge in [-0.15, -0.1) is 0 Å². The van der Waals surface area contributed by atoms with Crippen molar-refractivity contribution < 1.29 is 19.4 Å². The molecule has 2 rings (SSSR count). The Balaban J connectivity index is 2.64. The third-order valence-electron chi connectivity index (χ3n) is 2.71. The van der Waals surface area contributed by atoms with E-state index in [-0.39, 0.29) is 22.2 Å². The molecule has 1 N–H and O–H groups in total. The van der Waals surface area contributed by atoms with Crippen molar-refractivity contribution >= 4 is 29.2 Å². The van der Waals surface area contributed by atoms with E-state index in [9.17, 15) is 9.59 Å². The Morgan fingerprint density at radius 1 is 1.44 bits per heavy atom. The monoisotopic (exact) mass is 269 g/mol. The summed E-state index contributed by atoms with van der Waals surface area (Å²) in [5, 5.41) is 9.41. The molecule has 1 aromatic carbocycles. The van der Waals surface area contributed by atoms with Gasteiger partial charge >= 0.3 is 5.97 Å². The summed E-state index contributed by atoms with van der Waals surface area (Å²) in [6.07, 6.45) is 0.644. The van der Waals surface area contributed by atoms with E-state index in [0.29, 0.717) is 25.3 Å². The third-order valence-corrected chi connectivity index (χ3v) is 2.93. The molecular weight excluding hydrogens is 258 g/mol. The lowest BCUT2D eigenvalue weighted by Crippen LogP contribution is -2.29. The van der Waals surface area contributed by atoms with E-state index in [0.717, 1.165) is 0 Å². The molecule has 0 bridgehead atoms. The normalized spacial score (nSPS) is 14.4. The number of rotatable bonds is 1. The van der Waals surface area contributed by atoms with Gasteiger partial charge in [-0.2, -0.15) is 0 Å². The van der Waals surface area contributed by atoms with Gasteiger partial charge in [0.15, 0.2) is 5.75 Å². The predicted molar refractivity (Wildman–Crippen MR) is 66.6 cm³/mol. The summed E-state index contributed by atoms with van der Waals surface area (Å²) in [6.45, 7) is 2.29. The highest BCUT2D eigenvalue weighted by molar-refractivity contribution is 6.31. The van der Waals surface area contributed by atoms with Gasteiger partial charge in [-0.1, -0.05) is 11.6 Å². The van der Waals surface area contributed by atoms with Crippen LogP contribution in [0.3, 0.4) is 0 Å². The van der Waals surface area contributed by atoms with Crippen molar-refractivity contribution in [3.63, 3.8) is 0 Å². The molecule has 1 heterocycles. The fourth-order valence-electron chi connectivity index (χ4n) is 1.93. The molecule has 0 spiro atoms. The van der Waals surface area contributed by atoms with E-state index in [1.54, 1.807) is 6.07 Å². The Bertz CT molecular complexity index is 515. The van der Waals surface area contributed by atoms with E-state index >= 15 is 0 Å². The number of carbonyl (C=O) groups is 2. The molecule has 1 aromatic rings. The van der Waals surface area contributed by atoms with Crippen LogP contribution in [0.2, 0.25) is 5.02 Å². The molecule has 0 aliphatic carbocycles. The van der Waals surface area contributed by atoms with Crippen LogP contribution in [-0.4, -0.2) is 30.1 Å². The molecule has 5 nitrogen and oxygen atoms in total. The average molecular weight is 270 g/mol. The van der Waals surface area contributed by atoms with Crippen LogP contribution in [0.4, 0.5) is 5.69 Å². The van der Waals surface area contributed by atoms with Crippen molar-refractivity contribution in [2.75, 3.05) is 18.1 Å². The topological polar surface area (TPSA) is 66.8 Å². The number of nitrogens with zero attached hydrogens (tertiary/aromatic N) is 1. The first-order valence-corrected chi connectivity index (χ1v) is 5.86. The number of ether oxygens (including phenoxy) is 1. The molecule has 0 unspecified atom stereocenters. The number of anilines is 1. The number of hydrogen-bond donors (Lipinski definition) is 1. The molecule has 0 saturated carbocycles. The third kappa shape index (κ3) is 2.26. The van der Waals surface area contributed by atoms with Gasteiger partial charge in [-0.25, -0.2) is 4.79 Å². The lowest BCUT2D eigenvalue weighted by Gasteiger charge is -2.21. The maximum Gasteiger partial charge on any atom is 0.339 e. The Morgan fingerprint density at radius 2 is 2.17 bits per heavy atom. The maximum absolute atomic E-state index is 11.6. The first-order chi connectivity index (χ1) is 8.50. The molecule has 1 aliphatic heterocycles. The van der Waals surface area contributed by atoms with Crippen LogP contribution in [0.1, 0.15) is 23.7 Å². The number of fused-ring (bicyclic) bond motifs is 1. The molecule has 96 valence electrons. The zero-order valence-corrected chi connectivity index (χ0v) is 10.5. The number of hydrogen-bond acceptors (Lipinski definition) is 3. The molecular formula is C12H12ClNO4. The van der Waals surface area contributed by atoms with Crippen LogP contribution in [0.5, 0.6) is 5.75 Å². The summed E-state index contributed by atoms with van der Waals surface area (Å²) < 4.78 is 5.44. The minimum absolute atomic E-state index is 0.0225. The summed E-state index contributed by atoms with van der Waals surface area (Å²) in [6, 6.07) is 2.88. The molecule has 0 fully saturated rings. The number of amides is 1. The number of carboxylic acids is 1. The maximum atomic E-state index is 11.6. The fraction of sp³-hybridized carbons (Fsp3) is 0.333. The molecule has 1 amide bonds. The molecule has 0 atom stereocenters. The summed E-state index contributed by atoms with van der Waals surface area (Å²) in [5.41, 5.74) is 0.399. The van der Waals surface area contributed by atoms with Gasteiger partial charge in [0.1, 0.15) is 5.56 Å². The first-order valence-electron chi connectivity index (χ1n) is 5.48. The van der Waals surface area contributed by atoms with Gasteiger partial charge in [-0.3, -0.25) is 4.79 Å². The van der Waals surface area contributed by atoms with Gasteiger partial charge in [0, 0.05) is 18.5 Å². The summed E-state index contributed by atoms with van der Waals surface area (Å²) >= 11 is 5.89. The number of halogens is 1. The highest BCUT2D eigenvalue weighted by Crippen LogP contribution is 2.37. The van der Waals surface area contributed by atoms with Gasteiger partial charge in [0.05, 0.1) is 12.3 Å². The van der Waals surface area contributed by atoms with Crippen LogP contribution in [0, 0.1) is 0 Å².